The number of esters is 9. The van der Waals surface area contributed by atoms with Crippen molar-refractivity contribution < 1.29 is 129 Å². The van der Waals surface area contributed by atoms with Crippen LogP contribution in [0.4, 0.5) is 0 Å². The minimum Gasteiger partial charge on any atom is -0.497 e. The van der Waals surface area contributed by atoms with E-state index in [1.165, 1.54) is 55.6 Å². The van der Waals surface area contributed by atoms with Gasteiger partial charge in [-0.1, -0.05) is 12.1 Å². The Kier molecular flexibility index (Phi) is 20.4. The van der Waals surface area contributed by atoms with Gasteiger partial charge in [0.2, 0.25) is 12.4 Å². The normalized spacial score (nSPS) is 29.1. The van der Waals surface area contributed by atoms with E-state index in [1.54, 1.807) is 0 Å². The number of carbonyl (C=O) groups excluding carboxylic acids is 11. The van der Waals surface area contributed by atoms with E-state index in [9.17, 15) is 52.7 Å². The molecule has 3 saturated heterocycles. The zero-order valence-corrected chi connectivity index (χ0v) is 44.4. The molecule has 6 rings (SSSR count). The number of imide groups is 1. The van der Waals surface area contributed by atoms with Gasteiger partial charge in [-0.3, -0.25) is 57.6 Å². The molecule has 0 saturated carbocycles. The number of fused-ring (bicyclic) bond motifs is 1. The van der Waals surface area contributed by atoms with E-state index in [4.69, 9.17) is 75.8 Å². The average Bonchev–Trinajstić information content (AvgIpc) is 3.80. The van der Waals surface area contributed by atoms with Crippen molar-refractivity contribution in [3.05, 3.63) is 59.7 Å². The van der Waals surface area contributed by atoms with Crippen molar-refractivity contribution in [2.45, 2.75) is 154 Å². The quantitative estimate of drug-likeness (QED) is 0.101. The standard InChI is InChI=1S/C51H59NO27/c1-22(53)65-19-35-39(68-25(4)56)42(70-27(6)58)38(52-47(62)33-13-11-12-14-34(33)48(52)63)49(75-35)79-44-40(69-26(5)57)36(20-66-23(2)54)77-51(46(44)73-30(9)61)78-41-37(21-67-24(3)55)76-50(74-32-17-15-31(64-10)16-18-32)45(72-29(8)60)43(41)71-28(7)59/h11-18,35-46,49-51H,19-21H2,1-10H3. The zero-order valence-electron chi connectivity index (χ0n) is 44.4. The van der Waals surface area contributed by atoms with Gasteiger partial charge in [-0.15, -0.1) is 0 Å². The van der Waals surface area contributed by atoms with Gasteiger partial charge in [-0.05, 0) is 36.4 Å². The lowest BCUT2D eigenvalue weighted by Gasteiger charge is -2.51. The highest BCUT2D eigenvalue weighted by Gasteiger charge is 2.62. The van der Waals surface area contributed by atoms with Crippen LogP contribution in [0.5, 0.6) is 11.5 Å². The number of benzene rings is 2. The van der Waals surface area contributed by atoms with Gasteiger partial charge < -0.3 is 75.8 Å². The molecule has 4 aliphatic rings. The number of hydrogen-bond acceptors (Lipinski definition) is 27. The Hall–Kier alpha value is -7.79. The summed E-state index contributed by atoms with van der Waals surface area (Å²) in [6.45, 7) is 6.66. The van der Waals surface area contributed by atoms with Crippen LogP contribution in [-0.2, 0) is 109 Å². The molecule has 15 atom stereocenters. The molecule has 4 heterocycles. The van der Waals surface area contributed by atoms with E-state index in [1.807, 2.05) is 0 Å². The van der Waals surface area contributed by atoms with E-state index in [0.717, 1.165) is 62.3 Å². The first kappa shape index (κ1) is 60.4. The summed E-state index contributed by atoms with van der Waals surface area (Å²) >= 11 is 0. The fourth-order valence-corrected chi connectivity index (χ4v) is 9.09. The van der Waals surface area contributed by atoms with Crippen LogP contribution in [0, 0.1) is 0 Å². The van der Waals surface area contributed by atoms with Gasteiger partial charge in [0.15, 0.2) is 43.1 Å². The highest BCUT2D eigenvalue weighted by molar-refractivity contribution is 6.21. The van der Waals surface area contributed by atoms with Crippen LogP contribution < -0.4 is 9.47 Å². The lowest BCUT2D eigenvalue weighted by molar-refractivity contribution is -0.374. The number of methoxy groups -OCH3 is 1. The topological polar surface area (TPSA) is 339 Å². The molecule has 0 bridgehead atoms. The Bertz CT molecular complexity index is 2590. The van der Waals surface area contributed by atoms with Crippen LogP contribution in [0.15, 0.2) is 48.5 Å². The first-order chi connectivity index (χ1) is 37.4. The van der Waals surface area contributed by atoms with E-state index in [-0.39, 0.29) is 16.9 Å². The fourth-order valence-electron chi connectivity index (χ4n) is 9.09. The molecule has 0 N–H and O–H groups in total. The first-order valence-electron chi connectivity index (χ1n) is 24.4. The van der Waals surface area contributed by atoms with E-state index in [2.05, 4.69) is 0 Å². The van der Waals surface area contributed by atoms with E-state index >= 15 is 0 Å². The van der Waals surface area contributed by atoms with Crippen LogP contribution in [0.1, 0.15) is 83.0 Å². The molecule has 0 aliphatic carbocycles. The molecule has 15 unspecified atom stereocenters. The van der Waals surface area contributed by atoms with Gasteiger partial charge in [-0.25, -0.2) is 0 Å². The van der Waals surface area contributed by atoms with Gasteiger partial charge in [0.1, 0.15) is 67.9 Å². The Morgan fingerprint density at radius 2 is 0.759 bits per heavy atom. The third-order valence-corrected chi connectivity index (χ3v) is 12.0. The highest BCUT2D eigenvalue weighted by atomic mass is 16.8. The Morgan fingerprint density at radius 3 is 1.20 bits per heavy atom. The maximum absolute atomic E-state index is 14.5. The van der Waals surface area contributed by atoms with Gasteiger partial charge in [0.05, 0.1) is 18.2 Å². The number of carbonyl (C=O) groups is 11. The van der Waals surface area contributed by atoms with Gasteiger partial charge in [-0.2, -0.15) is 0 Å². The van der Waals surface area contributed by atoms with Gasteiger partial charge >= 0.3 is 53.7 Å². The number of amides is 2. The van der Waals surface area contributed by atoms with Crippen molar-refractivity contribution in [1.29, 1.82) is 0 Å². The summed E-state index contributed by atoms with van der Waals surface area (Å²) in [6.07, 6.45) is -26.3. The summed E-state index contributed by atoms with van der Waals surface area (Å²) in [6, 6.07) is 9.55. The third kappa shape index (κ3) is 15.3. The van der Waals surface area contributed by atoms with Gasteiger partial charge in [0.25, 0.3) is 11.8 Å². The van der Waals surface area contributed by atoms with Crippen LogP contribution >= 0.6 is 0 Å². The molecule has 28 nitrogen and oxygen atoms in total. The molecule has 28 heteroatoms. The molecular formula is C51H59NO27. The Labute approximate surface area is 450 Å². The zero-order chi connectivity index (χ0) is 58.0. The minimum atomic E-state index is -2.19. The molecule has 2 aromatic carbocycles. The highest BCUT2D eigenvalue weighted by Crippen LogP contribution is 2.41. The van der Waals surface area contributed by atoms with Crippen molar-refractivity contribution in [1.82, 2.24) is 4.90 Å². The van der Waals surface area contributed by atoms with Crippen molar-refractivity contribution in [2.75, 3.05) is 26.9 Å². The molecule has 4 aliphatic heterocycles. The summed E-state index contributed by atoms with van der Waals surface area (Å²) in [5.41, 5.74) is -0.279. The number of ether oxygens (including phenoxy) is 16. The number of hydrogen-bond donors (Lipinski definition) is 0. The second-order valence-corrected chi connectivity index (χ2v) is 18.0. The first-order valence-corrected chi connectivity index (χ1v) is 24.4. The largest absolute Gasteiger partial charge is 0.497 e. The fraction of sp³-hybridized carbons (Fsp3) is 0.549. The van der Waals surface area contributed by atoms with Crippen molar-refractivity contribution in [2.24, 2.45) is 0 Å². The van der Waals surface area contributed by atoms with Crippen LogP contribution in [0.2, 0.25) is 0 Å². The van der Waals surface area contributed by atoms with Crippen LogP contribution in [0.3, 0.4) is 0 Å². The molecule has 2 aromatic rings. The molecule has 0 radical (unpaired) electrons. The van der Waals surface area contributed by atoms with Gasteiger partial charge in [0, 0.05) is 62.3 Å². The average molecular weight is 1120 g/mol. The Morgan fingerprint density at radius 1 is 0.405 bits per heavy atom. The maximum Gasteiger partial charge on any atom is 0.303 e. The summed E-state index contributed by atoms with van der Waals surface area (Å²) < 4.78 is 94.3. The predicted octanol–water partition coefficient (Wildman–Crippen LogP) is 0.963. The van der Waals surface area contributed by atoms with Crippen molar-refractivity contribution in [3.8, 4) is 11.5 Å². The van der Waals surface area contributed by atoms with E-state index in [0.29, 0.717) is 10.6 Å². The second kappa shape index (κ2) is 26.7. The van der Waals surface area contributed by atoms with Crippen LogP contribution in [0.25, 0.3) is 0 Å². The lowest BCUT2D eigenvalue weighted by atomic mass is 9.93. The smallest absolute Gasteiger partial charge is 0.303 e. The second-order valence-electron chi connectivity index (χ2n) is 18.0. The van der Waals surface area contributed by atoms with Crippen LogP contribution in [-0.4, -0.2) is 189 Å². The number of nitrogens with zero attached hydrogens (tertiary/aromatic N) is 1. The summed E-state index contributed by atoms with van der Waals surface area (Å²) in [5, 5.41) is 0. The van der Waals surface area contributed by atoms with E-state index < -0.39 is 177 Å². The monoisotopic (exact) mass is 1120 g/mol. The maximum atomic E-state index is 14.5. The predicted molar refractivity (Wildman–Crippen MR) is 253 cm³/mol. The summed E-state index contributed by atoms with van der Waals surface area (Å²) in [7, 11) is 1.43. The molecule has 0 spiro atoms. The Balaban J connectivity index is 1.55. The molecule has 430 valence electrons. The minimum absolute atomic E-state index is 0.111. The molecule has 3 fully saturated rings. The summed E-state index contributed by atoms with van der Waals surface area (Å²) in [5.74, 6) is -10.3. The summed E-state index contributed by atoms with van der Waals surface area (Å²) in [4.78, 5) is 145. The molecule has 0 aromatic heterocycles. The lowest BCUT2D eigenvalue weighted by Crippen LogP contribution is -2.71. The molecule has 79 heavy (non-hydrogen) atoms. The number of rotatable bonds is 20. The SMILES string of the molecule is COc1ccc(OC2OC(COC(C)=O)C(OC3OC(COC(C)=O)C(OC(C)=O)C(OC4OC(COC(C)=O)C(OC(C)=O)C(OC(C)=O)C4N4C(=O)c5ccccc5C4=O)C3OC(C)=O)C(OC(C)=O)C2OC(C)=O)cc1. The van der Waals surface area contributed by atoms with Crippen molar-refractivity contribution >= 4 is 65.5 Å². The van der Waals surface area contributed by atoms with Crippen molar-refractivity contribution in [3.63, 3.8) is 0 Å². The third-order valence-electron chi connectivity index (χ3n) is 12.0. The molecular weight excluding hydrogens is 1060 g/mol. The molecule has 2 amide bonds.